The minimum absolute atomic E-state index is 0.0186. The minimum Gasteiger partial charge on any atom is -0.469 e. The molecule has 154 valence electrons. The van der Waals surface area contributed by atoms with Crippen LogP contribution in [0.2, 0.25) is 0 Å². The Kier molecular flexibility index (Phi) is 4.46. The summed E-state index contributed by atoms with van der Waals surface area (Å²) in [4.78, 5) is 34.2. The zero-order chi connectivity index (χ0) is 20.0. The number of rotatable bonds is 2. The van der Waals surface area contributed by atoms with E-state index >= 15 is 0 Å². The van der Waals surface area contributed by atoms with Gasteiger partial charge in [-0.05, 0) is 25.8 Å². The summed E-state index contributed by atoms with van der Waals surface area (Å²) < 4.78 is 13.8. The van der Waals surface area contributed by atoms with E-state index in [9.17, 15) is 9.59 Å². The van der Waals surface area contributed by atoms with Gasteiger partial charge in [0, 0.05) is 51.4 Å². The summed E-state index contributed by atoms with van der Waals surface area (Å²) in [5.74, 6) is 1.56. The molecule has 2 aromatic rings. The van der Waals surface area contributed by atoms with Crippen LogP contribution in [0.25, 0.3) is 0 Å². The van der Waals surface area contributed by atoms with Crippen LogP contribution in [0, 0.1) is 6.92 Å². The van der Waals surface area contributed by atoms with Gasteiger partial charge in [0.25, 0.3) is 11.8 Å². The van der Waals surface area contributed by atoms with Gasteiger partial charge >= 0.3 is 0 Å². The fourth-order valence-corrected chi connectivity index (χ4v) is 4.86. The lowest BCUT2D eigenvalue weighted by atomic mass is 9.88. The fraction of sp³-hybridized carbons (Fsp3) is 0.571. The van der Waals surface area contributed by atoms with Gasteiger partial charge in [-0.1, -0.05) is 0 Å². The van der Waals surface area contributed by atoms with Gasteiger partial charge in [-0.25, -0.2) is 4.98 Å². The summed E-state index contributed by atoms with van der Waals surface area (Å²) in [5.41, 5.74) is -0.0154. The van der Waals surface area contributed by atoms with Gasteiger partial charge < -0.3 is 23.5 Å². The van der Waals surface area contributed by atoms with Gasteiger partial charge in [0.15, 0.2) is 6.10 Å². The van der Waals surface area contributed by atoms with Gasteiger partial charge in [-0.3, -0.25) is 9.59 Å². The lowest BCUT2D eigenvalue weighted by Crippen LogP contribution is -2.55. The average molecular weight is 398 g/mol. The number of amides is 2. The largest absolute Gasteiger partial charge is 0.469 e. The van der Waals surface area contributed by atoms with E-state index in [1.807, 2.05) is 16.0 Å². The number of fused-ring (bicyclic) bond motifs is 2. The predicted molar refractivity (Wildman–Crippen MR) is 103 cm³/mol. The van der Waals surface area contributed by atoms with Crippen molar-refractivity contribution in [2.45, 2.75) is 50.9 Å². The molecule has 8 heteroatoms. The van der Waals surface area contributed by atoms with E-state index in [4.69, 9.17) is 9.15 Å². The number of nitrogens with zero attached hydrogens (tertiary/aromatic N) is 4. The quantitative estimate of drug-likeness (QED) is 0.772. The highest BCUT2D eigenvalue weighted by atomic mass is 16.5. The maximum absolute atomic E-state index is 13.0. The van der Waals surface area contributed by atoms with Crippen molar-refractivity contribution < 1.29 is 18.7 Å². The summed E-state index contributed by atoms with van der Waals surface area (Å²) in [6, 6.07) is 1.72. The van der Waals surface area contributed by atoms with Crippen molar-refractivity contribution >= 4 is 11.8 Å². The molecule has 1 spiro atoms. The molecular formula is C21H26N4O4. The lowest BCUT2D eigenvalue weighted by Gasteiger charge is -2.46. The number of imidazole rings is 1. The highest BCUT2D eigenvalue weighted by molar-refractivity contribution is 5.95. The number of carbonyl (C=O) groups excluding carboxylic acids is 2. The zero-order valence-corrected chi connectivity index (χ0v) is 16.7. The third-order valence-corrected chi connectivity index (χ3v) is 6.49. The van der Waals surface area contributed by atoms with Crippen LogP contribution in [0.3, 0.4) is 0 Å². The Morgan fingerprint density at radius 1 is 1.14 bits per heavy atom. The number of carbonyl (C=O) groups is 2. The van der Waals surface area contributed by atoms with Crippen molar-refractivity contribution in [3.05, 3.63) is 41.9 Å². The van der Waals surface area contributed by atoms with Crippen molar-refractivity contribution in [2.24, 2.45) is 0 Å². The first-order valence-electron chi connectivity index (χ1n) is 10.4. The predicted octanol–water partition coefficient (Wildman–Crippen LogP) is 1.94. The molecule has 2 saturated heterocycles. The van der Waals surface area contributed by atoms with Crippen LogP contribution in [0.5, 0.6) is 0 Å². The van der Waals surface area contributed by atoms with E-state index in [1.165, 1.54) is 0 Å². The third-order valence-electron chi connectivity index (χ3n) is 6.49. The Morgan fingerprint density at radius 3 is 2.59 bits per heavy atom. The molecule has 0 N–H and O–H groups in total. The lowest BCUT2D eigenvalue weighted by molar-refractivity contribution is -0.179. The van der Waals surface area contributed by atoms with E-state index in [0.29, 0.717) is 43.8 Å². The Morgan fingerprint density at radius 2 is 1.90 bits per heavy atom. The standard InChI is InChI=1S/C21H26N4O4/c1-15-16(4-13-28-15)18(26)24-10-5-21(6-11-24)20-22-7-12-25(20)14-17(29-21)19(27)23-8-2-3-9-23/h4,7,12-13,17H,2-3,5-6,8-11,14H2,1H3. The topological polar surface area (TPSA) is 80.8 Å². The highest BCUT2D eigenvalue weighted by Gasteiger charge is 2.48. The van der Waals surface area contributed by atoms with Gasteiger partial charge in [-0.15, -0.1) is 0 Å². The molecule has 8 nitrogen and oxygen atoms in total. The van der Waals surface area contributed by atoms with Gasteiger partial charge in [0.1, 0.15) is 17.2 Å². The molecule has 2 aromatic heterocycles. The summed E-state index contributed by atoms with van der Waals surface area (Å²) in [5, 5.41) is 0. The van der Waals surface area contributed by atoms with Crippen LogP contribution >= 0.6 is 0 Å². The van der Waals surface area contributed by atoms with Crippen molar-refractivity contribution in [3.63, 3.8) is 0 Å². The van der Waals surface area contributed by atoms with Crippen molar-refractivity contribution in [1.82, 2.24) is 19.4 Å². The molecule has 3 aliphatic heterocycles. The van der Waals surface area contributed by atoms with Gasteiger partial charge in [0.05, 0.1) is 18.4 Å². The first-order chi connectivity index (χ1) is 14.1. The fourth-order valence-electron chi connectivity index (χ4n) is 4.86. The number of aromatic nitrogens is 2. The number of piperidine rings is 1. The highest BCUT2D eigenvalue weighted by Crippen LogP contribution is 2.40. The molecule has 2 fully saturated rings. The van der Waals surface area contributed by atoms with Crippen molar-refractivity contribution in [2.75, 3.05) is 26.2 Å². The molecule has 3 aliphatic rings. The van der Waals surface area contributed by atoms with Crippen LogP contribution in [-0.4, -0.2) is 63.4 Å². The van der Waals surface area contributed by atoms with Crippen LogP contribution in [0.4, 0.5) is 0 Å². The Bertz CT molecular complexity index is 919. The van der Waals surface area contributed by atoms with Crippen LogP contribution in [-0.2, 0) is 21.7 Å². The maximum atomic E-state index is 13.0. The summed E-state index contributed by atoms with van der Waals surface area (Å²) >= 11 is 0. The summed E-state index contributed by atoms with van der Waals surface area (Å²) in [6.07, 6.45) is 8.12. The Hall–Kier alpha value is -2.61. The molecular weight excluding hydrogens is 372 g/mol. The second kappa shape index (κ2) is 7.02. The Balaban J connectivity index is 1.35. The van der Waals surface area contributed by atoms with E-state index in [2.05, 4.69) is 9.55 Å². The first-order valence-corrected chi connectivity index (χ1v) is 10.4. The van der Waals surface area contributed by atoms with Crippen LogP contribution in [0.15, 0.2) is 29.1 Å². The average Bonchev–Trinajstić information content (AvgIpc) is 3.49. The molecule has 5 rings (SSSR count). The van der Waals surface area contributed by atoms with Gasteiger partial charge in [0.2, 0.25) is 0 Å². The smallest absolute Gasteiger partial charge is 0.257 e. The molecule has 1 unspecified atom stereocenters. The van der Waals surface area contributed by atoms with E-state index < -0.39 is 11.7 Å². The number of furan rings is 1. The molecule has 0 bridgehead atoms. The molecule has 5 heterocycles. The number of hydrogen-bond acceptors (Lipinski definition) is 5. The van der Waals surface area contributed by atoms with E-state index in [1.54, 1.807) is 25.5 Å². The normalized spacial score (nSPS) is 23.4. The SMILES string of the molecule is Cc1occc1C(=O)N1CCC2(CC1)OC(C(=O)N1CCCC1)Cn1ccnc12. The van der Waals surface area contributed by atoms with Gasteiger partial charge in [-0.2, -0.15) is 0 Å². The molecule has 1 atom stereocenters. The number of ether oxygens (including phenoxy) is 1. The minimum atomic E-state index is -0.621. The summed E-state index contributed by atoms with van der Waals surface area (Å²) in [7, 11) is 0. The number of aryl methyl sites for hydroxylation is 1. The second-order valence-electron chi connectivity index (χ2n) is 8.22. The molecule has 0 aromatic carbocycles. The molecule has 0 radical (unpaired) electrons. The maximum Gasteiger partial charge on any atom is 0.257 e. The zero-order valence-electron chi connectivity index (χ0n) is 16.7. The van der Waals surface area contributed by atoms with Crippen molar-refractivity contribution in [3.8, 4) is 0 Å². The Labute approximate surface area is 169 Å². The van der Waals surface area contributed by atoms with Crippen LogP contribution in [0.1, 0.15) is 47.6 Å². The molecule has 29 heavy (non-hydrogen) atoms. The molecule has 0 saturated carbocycles. The number of hydrogen-bond donors (Lipinski definition) is 0. The second-order valence-corrected chi connectivity index (χ2v) is 8.22. The number of likely N-dealkylation sites (tertiary alicyclic amines) is 2. The monoisotopic (exact) mass is 398 g/mol. The van der Waals surface area contributed by atoms with Crippen molar-refractivity contribution in [1.29, 1.82) is 0 Å². The molecule has 0 aliphatic carbocycles. The summed E-state index contributed by atoms with van der Waals surface area (Å²) in [6.45, 7) is 5.04. The first kappa shape index (κ1) is 18.4. The third kappa shape index (κ3) is 3.06. The van der Waals surface area contributed by atoms with E-state index in [-0.39, 0.29) is 11.8 Å². The van der Waals surface area contributed by atoms with Crippen LogP contribution < -0.4 is 0 Å². The molecule has 2 amide bonds. The van der Waals surface area contributed by atoms with E-state index in [0.717, 1.165) is 31.8 Å².